The Bertz CT molecular complexity index is 331. The van der Waals surface area contributed by atoms with Crippen LogP contribution in [0, 0.1) is 0 Å². The average Bonchev–Trinajstić information content (AvgIpc) is 2.32. The van der Waals surface area contributed by atoms with E-state index in [0.717, 1.165) is 36.3 Å². The zero-order valence-corrected chi connectivity index (χ0v) is 12.7. The van der Waals surface area contributed by atoms with Gasteiger partial charge in [0, 0.05) is 17.6 Å². The molecule has 1 rings (SSSR count). The molecule has 0 saturated heterocycles. The standard InChI is InChI=1S/C14H22BrNO2/c1-12(2)17-9-4-7-16-8-10-18-14-6-3-5-13(15)11-14/h3,5-6,11-12,16H,4,7-10H2,1-2H3. The van der Waals surface area contributed by atoms with E-state index in [4.69, 9.17) is 9.47 Å². The number of hydrogen-bond acceptors (Lipinski definition) is 3. The normalized spacial score (nSPS) is 10.9. The van der Waals surface area contributed by atoms with Crippen molar-refractivity contribution in [2.45, 2.75) is 26.4 Å². The van der Waals surface area contributed by atoms with Crippen LogP contribution in [0.5, 0.6) is 5.75 Å². The molecule has 0 atom stereocenters. The van der Waals surface area contributed by atoms with Crippen molar-refractivity contribution in [3.8, 4) is 5.75 Å². The fraction of sp³-hybridized carbons (Fsp3) is 0.571. The molecule has 0 fully saturated rings. The van der Waals surface area contributed by atoms with Gasteiger partial charge < -0.3 is 14.8 Å². The maximum atomic E-state index is 5.61. The van der Waals surface area contributed by atoms with Crippen molar-refractivity contribution in [2.75, 3.05) is 26.3 Å². The van der Waals surface area contributed by atoms with Crippen LogP contribution in [0.15, 0.2) is 28.7 Å². The monoisotopic (exact) mass is 315 g/mol. The van der Waals surface area contributed by atoms with Gasteiger partial charge in [0.15, 0.2) is 0 Å². The van der Waals surface area contributed by atoms with Gasteiger partial charge >= 0.3 is 0 Å². The molecular weight excluding hydrogens is 294 g/mol. The molecule has 1 aromatic rings. The Morgan fingerprint density at radius 3 is 2.78 bits per heavy atom. The summed E-state index contributed by atoms with van der Waals surface area (Å²) in [7, 11) is 0. The largest absolute Gasteiger partial charge is 0.492 e. The van der Waals surface area contributed by atoms with E-state index >= 15 is 0 Å². The molecule has 4 heteroatoms. The minimum absolute atomic E-state index is 0.324. The quantitative estimate of drug-likeness (QED) is 0.710. The Kier molecular flexibility index (Phi) is 8.05. The minimum Gasteiger partial charge on any atom is -0.492 e. The molecular formula is C14H22BrNO2. The van der Waals surface area contributed by atoms with Gasteiger partial charge in [-0.3, -0.25) is 0 Å². The van der Waals surface area contributed by atoms with Crippen LogP contribution in [-0.2, 0) is 4.74 Å². The molecule has 0 unspecified atom stereocenters. The number of ether oxygens (including phenoxy) is 2. The van der Waals surface area contributed by atoms with E-state index < -0.39 is 0 Å². The number of benzene rings is 1. The highest BCUT2D eigenvalue weighted by Gasteiger charge is 1.95. The summed E-state index contributed by atoms with van der Waals surface area (Å²) in [6.07, 6.45) is 1.36. The molecule has 102 valence electrons. The van der Waals surface area contributed by atoms with Gasteiger partial charge in [-0.1, -0.05) is 22.0 Å². The van der Waals surface area contributed by atoms with Crippen LogP contribution in [0.4, 0.5) is 0 Å². The average molecular weight is 316 g/mol. The third-order valence-electron chi connectivity index (χ3n) is 2.29. The van der Waals surface area contributed by atoms with Crippen molar-refractivity contribution in [3.05, 3.63) is 28.7 Å². The number of halogens is 1. The fourth-order valence-electron chi connectivity index (χ4n) is 1.44. The Morgan fingerprint density at radius 1 is 1.22 bits per heavy atom. The molecule has 18 heavy (non-hydrogen) atoms. The molecule has 0 aliphatic heterocycles. The lowest BCUT2D eigenvalue weighted by molar-refractivity contribution is 0.0770. The summed E-state index contributed by atoms with van der Waals surface area (Å²) in [6.45, 7) is 7.43. The van der Waals surface area contributed by atoms with Gasteiger partial charge in [-0.15, -0.1) is 0 Å². The van der Waals surface area contributed by atoms with Gasteiger partial charge in [0.2, 0.25) is 0 Å². The lowest BCUT2D eigenvalue weighted by atomic mass is 10.3. The molecule has 0 radical (unpaired) electrons. The predicted molar refractivity (Wildman–Crippen MR) is 78.2 cm³/mol. The highest BCUT2D eigenvalue weighted by molar-refractivity contribution is 9.10. The summed E-state index contributed by atoms with van der Waals surface area (Å²) in [4.78, 5) is 0. The van der Waals surface area contributed by atoms with Gasteiger partial charge in [-0.25, -0.2) is 0 Å². The maximum absolute atomic E-state index is 5.61. The van der Waals surface area contributed by atoms with Crippen LogP contribution in [0.25, 0.3) is 0 Å². The topological polar surface area (TPSA) is 30.5 Å². The summed E-state index contributed by atoms with van der Waals surface area (Å²) < 4.78 is 12.1. The highest BCUT2D eigenvalue weighted by Crippen LogP contribution is 2.17. The first-order valence-electron chi connectivity index (χ1n) is 6.39. The van der Waals surface area contributed by atoms with E-state index in [-0.39, 0.29) is 0 Å². The van der Waals surface area contributed by atoms with Gasteiger partial charge in [0.1, 0.15) is 12.4 Å². The molecule has 0 bridgehead atoms. The molecule has 3 nitrogen and oxygen atoms in total. The zero-order valence-electron chi connectivity index (χ0n) is 11.1. The molecule has 0 aliphatic carbocycles. The molecule has 0 spiro atoms. The second kappa shape index (κ2) is 9.36. The fourth-order valence-corrected chi connectivity index (χ4v) is 1.82. The van der Waals surface area contributed by atoms with Crippen LogP contribution in [0.1, 0.15) is 20.3 Å². The highest BCUT2D eigenvalue weighted by atomic mass is 79.9. The maximum Gasteiger partial charge on any atom is 0.120 e. The molecule has 0 heterocycles. The minimum atomic E-state index is 0.324. The lowest BCUT2D eigenvalue weighted by Crippen LogP contribution is -2.23. The first-order chi connectivity index (χ1) is 8.68. The molecule has 1 aromatic carbocycles. The van der Waals surface area contributed by atoms with E-state index in [2.05, 4.69) is 35.1 Å². The Morgan fingerprint density at radius 2 is 2.06 bits per heavy atom. The number of hydrogen-bond donors (Lipinski definition) is 1. The Hall–Kier alpha value is -0.580. The lowest BCUT2D eigenvalue weighted by Gasteiger charge is -2.09. The second-order valence-corrected chi connectivity index (χ2v) is 5.24. The van der Waals surface area contributed by atoms with Crippen LogP contribution in [-0.4, -0.2) is 32.4 Å². The van der Waals surface area contributed by atoms with E-state index in [1.807, 2.05) is 24.3 Å². The van der Waals surface area contributed by atoms with Gasteiger partial charge in [-0.05, 0) is 45.0 Å². The smallest absolute Gasteiger partial charge is 0.120 e. The summed E-state index contributed by atoms with van der Waals surface area (Å²) >= 11 is 3.42. The predicted octanol–water partition coefficient (Wildman–Crippen LogP) is 3.23. The third kappa shape index (κ3) is 7.69. The van der Waals surface area contributed by atoms with Crippen LogP contribution in [0.2, 0.25) is 0 Å². The van der Waals surface area contributed by atoms with E-state index in [0.29, 0.717) is 12.7 Å². The molecule has 0 aromatic heterocycles. The molecule has 0 saturated carbocycles. The van der Waals surface area contributed by atoms with Gasteiger partial charge in [-0.2, -0.15) is 0 Å². The van der Waals surface area contributed by atoms with Gasteiger partial charge in [0.25, 0.3) is 0 Å². The summed E-state index contributed by atoms with van der Waals surface area (Å²) in [5.74, 6) is 0.898. The molecule has 1 N–H and O–H groups in total. The van der Waals surface area contributed by atoms with E-state index in [9.17, 15) is 0 Å². The van der Waals surface area contributed by atoms with Gasteiger partial charge in [0.05, 0.1) is 6.10 Å². The molecule has 0 amide bonds. The van der Waals surface area contributed by atoms with Crippen LogP contribution < -0.4 is 10.1 Å². The van der Waals surface area contributed by atoms with Crippen molar-refractivity contribution in [2.24, 2.45) is 0 Å². The first-order valence-corrected chi connectivity index (χ1v) is 7.18. The van der Waals surface area contributed by atoms with Crippen molar-refractivity contribution in [1.29, 1.82) is 0 Å². The van der Waals surface area contributed by atoms with Crippen molar-refractivity contribution >= 4 is 15.9 Å². The van der Waals surface area contributed by atoms with E-state index in [1.165, 1.54) is 0 Å². The van der Waals surface area contributed by atoms with Crippen molar-refractivity contribution < 1.29 is 9.47 Å². The van der Waals surface area contributed by atoms with Crippen LogP contribution in [0.3, 0.4) is 0 Å². The second-order valence-electron chi connectivity index (χ2n) is 4.33. The third-order valence-corrected chi connectivity index (χ3v) is 2.79. The number of nitrogens with one attached hydrogen (secondary N) is 1. The summed E-state index contributed by atoms with van der Waals surface area (Å²) in [5, 5.41) is 3.33. The van der Waals surface area contributed by atoms with Crippen molar-refractivity contribution in [1.82, 2.24) is 5.32 Å². The zero-order chi connectivity index (χ0) is 13.2. The summed E-state index contributed by atoms with van der Waals surface area (Å²) in [6, 6.07) is 7.88. The molecule has 0 aliphatic rings. The number of rotatable bonds is 9. The summed E-state index contributed by atoms with van der Waals surface area (Å²) in [5.41, 5.74) is 0. The SMILES string of the molecule is CC(C)OCCCNCCOc1cccc(Br)c1. The van der Waals surface area contributed by atoms with E-state index in [1.54, 1.807) is 0 Å². The van der Waals surface area contributed by atoms with Crippen molar-refractivity contribution in [3.63, 3.8) is 0 Å². The Labute approximate surface area is 118 Å². The Balaban J connectivity index is 1.96. The van der Waals surface area contributed by atoms with Crippen LogP contribution >= 0.6 is 15.9 Å². The first kappa shape index (κ1) is 15.5.